The molecular weight excluding hydrogens is 373 g/mol. The van der Waals surface area contributed by atoms with Crippen molar-refractivity contribution >= 4 is 23.3 Å². The molecule has 0 spiro atoms. The summed E-state index contributed by atoms with van der Waals surface area (Å²) in [4.78, 5) is 36.7. The monoisotopic (exact) mass is 397 g/mol. The molecule has 2 amide bonds. The molecular formula is C21H24FN5O2. The molecule has 29 heavy (non-hydrogen) atoms. The second kappa shape index (κ2) is 8.14. The van der Waals surface area contributed by atoms with Gasteiger partial charge in [-0.05, 0) is 37.0 Å². The van der Waals surface area contributed by atoms with Crippen LogP contribution in [0.3, 0.4) is 0 Å². The van der Waals surface area contributed by atoms with E-state index in [0.717, 1.165) is 37.8 Å². The van der Waals surface area contributed by atoms with Crippen LogP contribution >= 0.6 is 0 Å². The van der Waals surface area contributed by atoms with Crippen molar-refractivity contribution in [3.8, 4) is 0 Å². The zero-order chi connectivity index (χ0) is 20.4. The van der Waals surface area contributed by atoms with E-state index in [0.29, 0.717) is 18.8 Å². The Bertz CT molecular complexity index is 921. The summed E-state index contributed by atoms with van der Waals surface area (Å²) < 4.78 is 14.1. The number of likely N-dealkylation sites (tertiary alicyclic amines) is 1. The SMILES string of the molecule is CC(=O)Nc1cccnc1N1CCCC[C@@H]2CN(C(=O)c3ccncc3F)C[C@@H]21. The molecule has 2 aromatic rings. The predicted octanol–water partition coefficient (Wildman–Crippen LogP) is 2.71. The molecule has 7 nitrogen and oxygen atoms in total. The van der Waals surface area contributed by atoms with Crippen molar-refractivity contribution in [1.29, 1.82) is 0 Å². The highest BCUT2D eigenvalue weighted by molar-refractivity contribution is 5.95. The van der Waals surface area contributed by atoms with Crippen molar-refractivity contribution in [3.05, 3.63) is 48.2 Å². The first kappa shape index (κ1) is 19.3. The maximum atomic E-state index is 14.1. The number of pyridine rings is 2. The fourth-order valence-electron chi connectivity index (χ4n) is 4.41. The highest BCUT2D eigenvalue weighted by Crippen LogP contribution is 2.35. The Balaban J connectivity index is 1.61. The summed E-state index contributed by atoms with van der Waals surface area (Å²) >= 11 is 0. The topological polar surface area (TPSA) is 78.4 Å². The third kappa shape index (κ3) is 3.92. The highest BCUT2D eigenvalue weighted by Gasteiger charge is 2.41. The summed E-state index contributed by atoms with van der Waals surface area (Å²) in [6.45, 7) is 3.36. The summed E-state index contributed by atoms with van der Waals surface area (Å²) in [5.41, 5.74) is 0.727. The molecule has 0 saturated carbocycles. The molecule has 0 radical (unpaired) electrons. The summed E-state index contributed by atoms with van der Waals surface area (Å²) in [6.07, 6.45) is 7.31. The summed E-state index contributed by atoms with van der Waals surface area (Å²) in [7, 11) is 0. The van der Waals surface area contributed by atoms with Crippen molar-refractivity contribution in [2.24, 2.45) is 5.92 Å². The Morgan fingerprint density at radius 2 is 2.07 bits per heavy atom. The van der Waals surface area contributed by atoms with E-state index in [1.165, 1.54) is 19.2 Å². The minimum Gasteiger partial charge on any atom is -0.350 e. The number of amides is 2. The Morgan fingerprint density at radius 1 is 1.21 bits per heavy atom. The Labute approximate surface area is 168 Å². The van der Waals surface area contributed by atoms with E-state index >= 15 is 0 Å². The van der Waals surface area contributed by atoms with E-state index < -0.39 is 5.82 Å². The largest absolute Gasteiger partial charge is 0.350 e. The second-order valence-corrected chi connectivity index (χ2v) is 7.64. The number of aromatic nitrogens is 2. The fraction of sp³-hybridized carbons (Fsp3) is 0.429. The Kier molecular flexibility index (Phi) is 5.42. The van der Waals surface area contributed by atoms with E-state index in [2.05, 4.69) is 20.2 Å². The molecule has 4 rings (SSSR count). The van der Waals surface area contributed by atoms with Gasteiger partial charge in [0.1, 0.15) is 0 Å². The standard InChI is InChI=1S/C21H24FN5O2/c1-14(28)25-18-6-4-8-24-20(18)27-10-3-2-5-15-12-26(13-19(15)27)21(29)16-7-9-23-11-17(16)22/h4,6-9,11,15,19H,2-3,5,10,12-13H2,1H3,(H,25,28)/t15-,19+/m1/s1. The van der Waals surface area contributed by atoms with Crippen molar-refractivity contribution in [2.75, 3.05) is 29.9 Å². The lowest BCUT2D eigenvalue weighted by Gasteiger charge is -2.32. The summed E-state index contributed by atoms with van der Waals surface area (Å²) in [5.74, 6) is -0.0512. The first-order valence-electron chi connectivity index (χ1n) is 9.92. The number of nitrogens with zero attached hydrogens (tertiary/aromatic N) is 4. The van der Waals surface area contributed by atoms with Crippen molar-refractivity contribution in [2.45, 2.75) is 32.2 Å². The zero-order valence-corrected chi connectivity index (χ0v) is 16.3. The van der Waals surface area contributed by atoms with Gasteiger partial charge in [0.05, 0.1) is 23.5 Å². The van der Waals surface area contributed by atoms with Gasteiger partial charge in [-0.2, -0.15) is 0 Å². The van der Waals surface area contributed by atoms with Gasteiger partial charge in [-0.15, -0.1) is 0 Å². The third-order valence-corrected chi connectivity index (χ3v) is 5.69. The van der Waals surface area contributed by atoms with Gasteiger partial charge in [-0.3, -0.25) is 14.6 Å². The molecule has 1 N–H and O–H groups in total. The lowest BCUT2D eigenvalue weighted by Crippen LogP contribution is -2.42. The van der Waals surface area contributed by atoms with Crippen molar-refractivity contribution in [1.82, 2.24) is 14.9 Å². The second-order valence-electron chi connectivity index (χ2n) is 7.64. The first-order valence-corrected chi connectivity index (χ1v) is 9.92. The van der Waals surface area contributed by atoms with Crippen LogP contribution < -0.4 is 10.2 Å². The molecule has 0 aliphatic carbocycles. The number of hydrogen-bond donors (Lipinski definition) is 1. The van der Waals surface area contributed by atoms with E-state index in [-0.39, 0.29) is 29.3 Å². The predicted molar refractivity (Wildman–Crippen MR) is 107 cm³/mol. The Morgan fingerprint density at radius 3 is 2.86 bits per heavy atom. The number of nitrogens with one attached hydrogen (secondary N) is 1. The van der Waals surface area contributed by atoms with E-state index in [1.807, 2.05) is 6.07 Å². The fourth-order valence-corrected chi connectivity index (χ4v) is 4.41. The van der Waals surface area contributed by atoms with Crippen LogP contribution in [0.2, 0.25) is 0 Å². The average molecular weight is 397 g/mol. The molecule has 2 atom stereocenters. The molecule has 2 saturated heterocycles. The molecule has 0 bridgehead atoms. The first-order chi connectivity index (χ1) is 14.0. The smallest absolute Gasteiger partial charge is 0.257 e. The number of hydrogen-bond acceptors (Lipinski definition) is 5. The van der Waals surface area contributed by atoms with Gasteiger partial charge in [0, 0.05) is 39.0 Å². The third-order valence-electron chi connectivity index (χ3n) is 5.69. The van der Waals surface area contributed by atoms with Crippen LogP contribution in [0.15, 0.2) is 36.8 Å². The van der Waals surface area contributed by atoms with Crippen LogP contribution in [0.5, 0.6) is 0 Å². The number of anilines is 2. The van der Waals surface area contributed by atoms with E-state index in [9.17, 15) is 14.0 Å². The summed E-state index contributed by atoms with van der Waals surface area (Å²) in [5, 5.41) is 2.86. The molecule has 2 fully saturated rings. The average Bonchev–Trinajstić information content (AvgIpc) is 3.03. The summed E-state index contributed by atoms with van der Waals surface area (Å²) in [6, 6.07) is 5.14. The van der Waals surface area contributed by atoms with Crippen molar-refractivity contribution < 1.29 is 14.0 Å². The normalized spacial score (nSPS) is 21.4. The molecule has 8 heteroatoms. The molecule has 0 unspecified atom stereocenters. The van der Waals surface area contributed by atoms with Gasteiger partial charge in [0.15, 0.2) is 11.6 Å². The minimum absolute atomic E-state index is 0.0554. The highest BCUT2D eigenvalue weighted by atomic mass is 19.1. The van der Waals surface area contributed by atoms with E-state index in [1.54, 1.807) is 17.2 Å². The molecule has 152 valence electrons. The van der Waals surface area contributed by atoms with Crippen LogP contribution in [-0.2, 0) is 4.79 Å². The van der Waals surface area contributed by atoms with Crippen LogP contribution in [0, 0.1) is 11.7 Å². The maximum absolute atomic E-state index is 14.1. The van der Waals surface area contributed by atoms with Crippen LogP contribution in [0.25, 0.3) is 0 Å². The van der Waals surface area contributed by atoms with Gasteiger partial charge in [-0.25, -0.2) is 9.37 Å². The van der Waals surface area contributed by atoms with E-state index in [4.69, 9.17) is 0 Å². The van der Waals surface area contributed by atoms with Gasteiger partial charge in [0.2, 0.25) is 5.91 Å². The van der Waals surface area contributed by atoms with Gasteiger partial charge >= 0.3 is 0 Å². The van der Waals surface area contributed by atoms with Crippen LogP contribution in [-0.4, -0.2) is 52.4 Å². The molecule has 2 aromatic heterocycles. The quantitative estimate of drug-likeness (QED) is 0.862. The Hall–Kier alpha value is -3.03. The molecule has 4 heterocycles. The number of rotatable bonds is 3. The van der Waals surface area contributed by atoms with Crippen LogP contribution in [0.1, 0.15) is 36.5 Å². The van der Waals surface area contributed by atoms with Gasteiger partial charge < -0.3 is 15.1 Å². The number of carbonyl (C=O) groups excluding carboxylic acids is 2. The maximum Gasteiger partial charge on any atom is 0.257 e. The number of fused-ring (bicyclic) bond motifs is 1. The number of carbonyl (C=O) groups is 2. The lowest BCUT2D eigenvalue weighted by molar-refractivity contribution is -0.114. The number of halogens is 1. The molecule has 2 aliphatic heterocycles. The van der Waals surface area contributed by atoms with Gasteiger partial charge in [0.25, 0.3) is 5.91 Å². The zero-order valence-electron chi connectivity index (χ0n) is 16.3. The lowest BCUT2D eigenvalue weighted by atomic mass is 9.98. The van der Waals surface area contributed by atoms with Crippen LogP contribution in [0.4, 0.5) is 15.9 Å². The van der Waals surface area contributed by atoms with Crippen molar-refractivity contribution in [3.63, 3.8) is 0 Å². The van der Waals surface area contributed by atoms with Gasteiger partial charge in [-0.1, -0.05) is 6.42 Å². The molecule has 2 aliphatic rings. The molecule has 0 aromatic carbocycles. The minimum atomic E-state index is -0.598.